The molecule has 0 heterocycles. The van der Waals surface area contributed by atoms with Crippen LogP contribution in [0.3, 0.4) is 0 Å². The number of halogens is 1. The third-order valence-electron chi connectivity index (χ3n) is 1.43. The Labute approximate surface area is 50.9 Å². The molecule has 0 aliphatic carbocycles. The summed E-state index contributed by atoms with van der Waals surface area (Å²) in [7, 11) is 0. The van der Waals surface area contributed by atoms with Crippen molar-refractivity contribution in [2.45, 2.75) is 32.6 Å². The predicted molar refractivity (Wildman–Crippen MR) is 34.8 cm³/mol. The van der Waals surface area contributed by atoms with Gasteiger partial charge >= 0.3 is 0 Å². The molecule has 44 valence electrons. The average Bonchev–Trinajstić information content (AvgIpc) is 1.65. The lowest BCUT2D eigenvalue weighted by Crippen LogP contribution is -2.03. The highest BCUT2D eigenvalue weighted by molar-refractivity contribution is 6.20. The van der Waals surface area contributed by atoms with Crippen LogP contribution in [-0.4, -0.2) is 5.38 Å². The molecule has 0 radical (unpaired) electrons. The van der Waals surface area contributed by atoms with Crippen molar-refractivity contribution < 1.29 is 0 Å². The Morgan fingerprint density at radius 3 is 1.86 bits per heavy atom. The van der Waals surface area contributed by atoms with Gasteiger partial charge in [-0.1, -0.05) is 20.3 Å². The van der Waals surface area contributed by atoms with Gasteiger partial charge in [0.15, 0.2) is 0 Å². The van der Waals surface area contributed by atoms with Crippen LogP contribution in [0.2, 0.25) is 0 Å². The molecule has 0 unspecified atom stereocenters. The van der Waals surface area contributed by atoms with Crippen molar-refractivity contribution in [2.24, 2.45) is 5.92 Å². The molecular formula is C6H13Cl. The summed E-state index contributed by atoms with van der Waals surface area (Å²) >= 11 is 5.73. The second kappa shape index (κ2) is 3.31. The van der Waals surface area contributed by atoms with E-state index in [1.807, 2.05) is 6.92 Å². The van der Waals surface area contributed by atoms with E-state index in [1.54, 1.807) is 0 Å². The van der Waals surface area contributed by atoms with Gasteiger partial charge in [0, 0.05) is 5.38 Å². The lowest BCUT2D eigenvalue weighted by molar-refractivity contribution is 0.552. The summed E-state index contributed by atoms with van der Waals surface area (Å²) < 4.78 is 0. The number of hydrogen-bond acceptors (Lipinski definition) is 0. The van der Waals surface area contributed by atoms with Crippen molar-refractivity contribution in [3.05, 3.63) is 0 Å². The Bertz CT molecular complexity index is 41.4. The molecule has 0 N–H and O–H groups in total. The molecule has 2 atom stereocenters. The molecule has 0 saturated carbocycles. The monoisotopic (exact) mass is 120 g/mol. The summed E-state index contributed by atoms with van der Waals surface area (Å²) in [6.45, 7) is 6.36. The number of hydrogen-bond donors (Lipinski definition) is 0. The average molecular weight is 121 g/mol. The van der Waals surface area contributed by atoms with E-state index in [4.69, 9.17) is 11.6 Å². The van der Waals surface area contributed by atoms with Gasteiger partial charge in [-0.3, -0.25) is 0 Å². The summed E-state index contributed by atoms with van der Waals surface area (Å²) in [6.07, 6.45) is 1.19. The molecule has 0 bridgehead atoms. The highest BCUT2D eigenvalue weighted by Crippen LogP contribution is 2.11. The molecule has 0 fully saturated rings. The van der Waals surface area contributed by atoms with Gasteiger partial charge in [0.05, 0.1) is 0 Å². The summed E-state index contributed by atoms with van der Waals surface area (Å²) in [4.78, 5) is 0. The highest BCUT2D eigenvalue weighted by atomic mass is 35.5. The number of alkyl halides is 1. The van der Waals surface area contributed by atoms with E-state index < -0.39 is 0 Å². The zero-order valence-corrected chi connectivity index (χ0v) is 6.00. The third kappa shape index (κ3) is 2.93. The highest BCUT2D eigenvalue weighted by Gasteiger charge is 2.03. The van der Waals surface area contributed by atoms with Crippen molar-refractivity contribution >= 4 is 11.6 Å². The quantitative estimate of drug-likeness (QED) is 0.492. The van der Waals surface area contributed by atoms with E-state index in [0.717, 1.165) is 0 Å². The third-order valence-corrected chi connectivity index (χ3v) is 1.86. The van der Waals surface area contributed by atoms with Gasteiger partial charge in [-0.25, -0.2) is 0 Å². The van der Waals surface area contributed by atoms with E-state index in [1.165, 1.54) is 6.42 Å². The first-order valence-electron chi connectivity index (χ1n) is 2.82. The van der Waals surface area contributed by atoms with Crippen molar-refractivity contribution in [2.75, 3.05) is 0 Å². The summed E-state index contributed by atoms with van der Waals surface area (Å²) in [5.41, 5.74) is 0. The fourth-order valence-corrected chi connectivity index (χ4v) is 0.503. The Kier molecular flexibility index (Phi) is 3.45. The first-order chi connectivity index (χ1) is 3.18. The van der Waals surface area contributed by atoms with Crippen LogP contribution in [0, 0.1) is 5.92 Å². The van der Waals surface area contributed by atoms with Crippen LogP contribution in [0.5, 0.6) is 0 Å². The van der Waals surface area contributed by atoms with E-state index >= 15 is 0 Å². The van der Waals surface area contributed by atoms with Gasteiger partial charge in [0.25, 0.3) is 0 Å². The van der Waals surface area contributed by atoms with Gasteiger partial charge in [0.1, 0.15) is 0 Å². The lowest BCUT2D eigenvalue weighted by Gasteiger charge is -2.08. The minimum absolute atomic E-state index is 0.338. The van der Waals surface area contributed by atoms with Crippen LogP contribution in [0.25, 0.3) is 0 Å². The molecule has 1 heteroatoms. The minimum Gasteiger partial charge on any atom is -0.123 e. The molecule has 0 aromatic carbocycles. The molecule has 0 aromatic rings. The van der Waals surface area contributed by atoms with E-state index in [-0.39, 0.29) is 0 Å². The molecule has 0 saturated heterocycles. The maximum atomic E-state index is 5.73. The fraction of sp³-hybridized carbons (Fsp3) is 1.00. The SMILES string of the molecule is CC[C@H](C)[C@H](C)Cl. The largest absolute Gasteiger partial charge is 0.123 e. The van der Waals surface area contributed by atoms with Crippen molar-refractivity contribution in [1.29, 1.82) is 0 Å². The fourth-order valence-electron chi connectivity index (χ4n) is 0.325. The molecule has 0 rings (SSSR count). The standard InChI is InChI=1S/C6H13Cl/c1-4-5(2)6(3)7/h5-6H,4H2,1-3H3/t5-,6-/m0/s1. The van der Waals surface area contributed by atoms with E-state index in [9.17, 15) is 0 Å². The lowest BCUT2D eigenvalue weighted by atomic mass is 10.1. The molecule has 0 aliphatic rings. The van der Waals surface area contributed by atoms with Gasteiger partial charge in [-0.15, -0.1) is 11.6 Å². The smallest absolute Gasteiger partial charge is 0.0333 e. The minimum atomic E-state index is 0.338. The van der Waals surface area contributed by atoms with Crippen LogP contribution < -0.4 is 0 Å². The summed E-state index contributed by atoms with van der Waals surface area (Å²) in [5.74, 6) is 0.668. The van der Waals surface area contributed by atoms with Crippen molar-refractivity contribution in [3.8, 4) is 0 Å². The maximum absolute atomic E-state index is 5.73. The second-order valence-electron chi connectivity index (χ2n) is 2.06. The Hall–Kier alpha value is 0.290. The Morgan fingerprint density at radius 1 is 1.43 bits per heavy atom. The van der Waals surface area contributed by atoms with Gasteiger partial charge in [0.2, 0.25) is 0 Å². The second-order valence-corrected chi connectivity index (χ2v) is 2.75. The number of rotatable bonds is 2. The maximum Gasteiger partial charge on any atom is 0.0333 e. The van der Waals surface area contributed by atoms with Crippen molar-refractivity contribution in [1.82, 2.24) is 0 Å². The molecule has 7 heavy (non-hydrogen) atoms. The van der Waals surface area contributed by atoms with Crippen LogP contribution >= 0.6 is 11.6 Å². The van der Waals surface area contributed by atoms with Crippen LogP contribution in [0.15, 0.2) is 0 Å². The molecule has 0 nitrogen and oxygen atoms in total. The summed E-state index contributed by atoms with van der Waals surface area (Å²) in [5, 5.41) is 0.338. The molecule has 0 aromatic heterocycles. The molecule has 0 amide bonds. The van der Waals surface area contributed by atoms with Gasteiger partial charge in [-0.2, -0.15) is 0 Å². The Balaban J connectivity index is 3.14. The normalized spacial score (nSPS) is 18.9. The zero-order valence-electron chi connectivity index (χ0n) is 5.24. The van der Waals surface area contributed by atoms with Crippen LogP contribution in [0.1, 0.15) is 27.2 Å². The first kappa shape index (κ1) is 7.29. The first-order valence-corrected chi connectivity index (χ1v) is 3.26. The topological polar surface area (TPSA) is 0 Å². The van der Waals surface area contributed by atoms with Crippen LogP contribution in [0.4, 0.5) is 0 Å². The molecular weight excluding hydrogens is 108 g/mol. The van der Waals surface area contributed by atoms with Crippen LogP contribution in [-0.2, 0) is 0 Å². The zero-order chi connectivity index (χ0) is 5.86. The van der Waals surface area contributed by atoms with Crippen molar-refractivity contribution in [3.63, 3.8) is 0 Å². The predicted octanol–water partition coefficient (Wildman–Crippen LogP) is 2.66. The summed E-state index contributed by atoms with van der Waals surface area (Å²) in [6, 6.07) is 0. The van der Waals surface area contributed by atoms with Gasteiger partial charge in [-0.05, 0) is 12.8 Å². The van der Waals surface area contributed by atoms with Gasteiger partial charge < -0.3 is 0 Å². The Morgan fingerprint density at radius 2 is 1.86 bits per heavy atom. The molecule has 0 aliphatic heterocycles. The van der Waals surface area contributed by atoms with E-state index in [2.05, 4.69) is 13.8 Å². The van der Waals surface area contributed by atoms with E-state index in [0.29, 0.717) is 11.3 Å². The molecule has 0 spiro atoms.